The number of nitrogens with zero attached hydrogens (tertiary/aromatic N) is 1. The van der Waals surface area contributed by atoms with Crippen LogP contribution in [-0.4, -0.2) is 30.2 Å². The molecule has 1 unspecified atom stereocenters. The van der Waals surface area contributed by atoms with Crippen molar-refractivity contribution in [3.05, 3.63) is 59.7 Å². The number of carbonyl (C=O) groups excluding carboxylic acids is 1. The predicted octanol–water partition coefficient (Wildman–Crippen LogP) is 4.94. The molecule has 1 N–H and O–H groups in total. The normalized spacial score (nSPS) is 12.4. The van der Waals surface area contributed by atoms with E-state index in [1.165, 1.54) is 5.56 Å². The van der Waals surface area contributed by atoms with Gasteiger partial charge in [-0.25, -0.2) is 0 Å². The number of para-hydroxylation sites is 1. The van der Waals surface area contributed by atoms with Crippen LogP contribution in [-0.2, 0) is 4.79 Å². The highest BCUT2D eigenvalue weighted by atomic mass is 32.2. The Morgan fingerprint density at radius 1 is 1.16 bits per heavy atom. The standard InChI is InChI=1S/C19H22F2N2OS/c1-13-8-10-15(11-9-13)14(2)23(3)12-18(24)22-16-6-4-5-7-17(16)25-19(20)21/h4-11,14,19H,12H2,1-3H3,(H,22,24). The van der Waals surface area contributed by atoms with Gasteiger partial charge in [0.05, 0.1) is 12.2 Å². The van der Waals surface area contributed by atoms with E-state index < -0.39 is 5.76 Å². The summed E-state index contributed by atoms with van der Waals surface area (Å²) in [6.07, 6.45) is 0. The molecule has 0 radical (unpaired) electrons. The fourth-order valence-electron chi connectivity index (χ4n) is 2.42. The minimum absolute atomic E-state index is 0.0667. The largest absolute Gasteiger partial charge is 0.324 e. The number of anilines is 1. The first-order valence-electron chi connectivity index (χ1n) is 7.97. The molecule has 6 heteroatoms. The molecule has 0 bridgehead atoms. The Morgan fingerprint density at radius 3 is 2.44 bits per heavy atom. The van der Waals surface area contributed by atoms with E-state index >= 15 is 0 Å². The van der Waals surface area contributed by atoms with E-state index in [1.54, 1.807) is 24.3 Å². The fraction of sp³-hybridized carbons (Fsp3) is 0.316. The number of carbonyl (C=O) groups is 1. The first kappa shape index (κ1) is 19.4. The van der Waals surface area contributed by atoms with Crippen molar-refractivity contribution in [2.45, 2.75) is 30.5 Å². The van der Waals surface area contributed by atoms with Gasteiger partial charge in [0.1, 0.15) is 0 Å². The second kappa shape index (κ2) is 8.97. The van der Waals surface area contributed by atoms with Crippen LogP contribution in [0.15, 0.2) is 53.4 Å². The predicted molar refractivity (Wildman–Crippen MR) is 99.2 cm³/mol. The van der Waals surface area contributed by atoms with Crippen molar-refractivity contribution in [3.8, 4) is 0 Å². The molecule has 0 aliphatic rings. The summed E-state index contributed by atoms with van der Waals surface area (Å²) >= 11 is 0.429. The zero-order valence-electron chi connectivity index (χ0n) is 14.5. The first-order valence-corrected chi connectivity index (χ1v) is 8.85. The summed E-state index contributed by atoms with van der Waals surface area (Å²) in [5.74, 6) is -2.76. The summed E-state index contributed by atoms with van der Waals surface area (Å²) in [6.45, 7) is 4.22. The van der Waals surface area contributed by atoms with E-state index in [-0.39, 0.29) is 18.5 Å². The molecule has 0 spiro atoms. The Kier molecular flexibility index (Phi) is 6.96. The van der Waals surface area contributed by atoms with Crippen LogP contribution in [0.1, 0.15) is 24.1 Å². The van der Waals surface area contributed by atoms with E-state index in [2.05, 4.69) is 5.32 Å². The van der Waals surface area contributed by atoms with Gasteiger partial charge in [0.25, 0.3) is 5.76 Å². The number of hydrogen-bond donors (Lipinski definition) is 1. The third kappa shape index (κ3) is 5.83. The van der Waals surface area contributed by atoms with Gasteiger partial charge < -0.3 is 5.32 Å². The average Bonchev–Trinajstić information content (AvgIpc) is 2.56. The lowest BCUT2D eigenvalue weighted by Gasteiger charge is -2.24. The van der Waals surface area contributed by atoms with E-state index in [0.717, 1.165) is 5.56 Å². The Morgan fingerprint density at radius 2 is 1.80 bits per heavy atom. The Labute approximate surface area is 151 Å². The smallest absolute Gasteiger partial charge is 0.288 e. The third-order valence-corrected chi connectivity index (χ3v) is 4.78. The number of hydrogen-bond acceptors (Lipinski definition) is 3. The van der Waals surface area contributed by atoms with Crippen LogP contribution in [0.2, 0.25) is 0 Å². The quantitative estimate of drug-likeness (QED) is 0.706. The van der Waals surface area contributed by atoms with Crippen LogP contribution in [0, 0.1) is 6.92 Å². The Hall–Kier alpha value is -1.92. The molecular weight excluding hydrogens is 342 g/mol. The Balaban J connectivity index is 1.99. The monoisotopic (exact) mass is 364 g/mol. The Bertz CT molecular complexity index is 707. The molecule has 0 aliphatic heterocycles. The fourth-order valence-corrected chi connectivity index (χ4v) is 3.02. The highest BCUT2D eigenvalue weighted by Crippen LogP contribution is 2.31. The maximum Gasteiger partial charge on any atom is 0.288 e. The van der Waals surface area contributed by atoms with Crippen molar-refractivity contribution >= 4 is 23.4 Å². The number of benzene rings is 2. The maximum absolute atomic E-state index is 12.6. The molecule has 0 saturated carbocycles. The van der Waals surface area contributed by atoms with Crippen LogP contribution < -0.4 is 5.32 Å². The second-order valence-electron chi connectivity index (χ2n) is 5.92. The molecule has 1 amide bonds. The first-order chi connectivity index (χ1) is 11.9. The number of alkyl halides is 2. The summed E-state index contributed by atoms with van der Waals surface area (Å²) in [6, 6.07) is 14.8. The number of nitrogens with one attached hydrogen (secondary N) is 1. The molecule has 25 heavy (non-hydrogen) atoms. The van der Waals surface area contributed by atoms with Crippen LogP contribution in [0.25, 0.3) is 0 Å². The van der Waals surface area contributed by atoms with Crippen molar-refractivity contribution in [2.75, 3.05) is 18.9 Å². The molecule has 0 heterocycles. The highest BCUT2D eigenvalue weighted by molar-refractivity contribution is 7.99. The van der Waals surface area contributed by atoms with E-state index in [1.807, 2.05) is 50.1 Å². The summed E-state index contributed by atoms with van der Waals surface area (Å²) < 4.78 is 25.2. The number of likely N-dealkylation sites (N-methyl/N-ethyl adjacent to an activating group) is 1. The zero-order chi connectivity index (χ0) is 18.4. The summed E-state index contributed by atoms with van der Waals surface area (Å²) in [5, 5.41) is 2.73. The molecule has 3 nitrogen and oxygen atoms in total. The summed E-state index contributed by atoms with van der Waals surface area (Å²) in [4.78, 5) is 14.6. The van der Waals surface area contributed by atoms with Gasteiger partial charge in [-0.15, -0.1) is 0 Å². The highest BCUT2D eigenvalue weighted by Gasteiger charge is 2.16. The average molecular weight is 364 g/mol. The van der Waals surface area contributed by atoms with Gasteiger partial charge in [0, 0.05) is 10.9 Å². The molecule has 0 aliphatic carbocycles. The number of halogens is 2. The summed E-state index contributed by atoms with van der Waals surface area (Å²) in [7, 11) is 1.86. The molecule has 2 rings (SSSR count). The summed E-state index contributed by atoms with van der Waals surface area (Å²) in [5.41, 5.74) is 2.72. The van der Waals surface area contributed by atoms with Crippen LogP contribution >= 0.6 is 11.8 Å². The molecule has 1 atom stereocenters. The minimum atomic E-state index is -2.53. The molecular formula is C19H22F2N2OS. The SMILES string of the molecule is Cc1ccc(C(C)N(C)CC(=O)Nc2ccccc2SC(F)F)cc1. The number of amides is 1. The zero-order valence-corrected chi connectivity index (χ0v) is 15.3. The number of rotatable bonds is 7. The molecule has 2 aromatic rings. The van der Waals surface area contributed by atoms with E-state index in [4.69, 9.17) is 0 Å². The van der Waals surface area contributed by atoms with Gasteiger partial charge in [-0.3, -0.25) is 9.69 Å². The van der Waals surface area contributed by atoms with Crippen molar-refractivity contribution < 1.29 is 13.6 Å². The molecule has 0 aromatic heterocycles. The number of aryl methyl sites for hydroxylation is 1. The van der Waals surface area contributed by atoms with Gasteiger partial charge in [-0.1, -0.05) is 53.7 Å². The lowest BCUT2D eigenvalue weighted by atomic mass is 10.1. The van der Waals surface area contributed by atoms with Gasteiger partial charge in [0.2, 0.25) is 5.91 Å². The van der Waals surface area contributed by atoms with Crippen molar-refractivity contribution in [2.24, 2.45) is 0 Å². The van der Waals surface area contributed by atoms with Gasteiger partial charge >= 0.3 is 0 Å². The van der Waals surface area contributed by atoms with Crippen molar-refractivity contribution in [1.82, 2.24) is 4.90 Å². The number of thioether (sulfide) groups is 1. The van der Waals surface area contributed by atoms with Gasteiger partial charge in [-0.05, 0) is 38.6 Å². The van der Waals surface area contributed by atoms with Crippen molar-refractivity contribution in [1.29, 1.82) is 0 Å². The van der Waals surface area contributed by atoms with Crippen LogP contribution in [0.4, 0.5) is 14.5 Å². The lowest BCUT2D eigenvalue weighted by molar-refractivity contribution is -0.117. The molecule has 0 saturated heterocycles. The maximum atomic E-state index is 12.6. The third-order valence-electron chi connectivity index (χ3n) is 3.99. The minimum Gasteiger partial charge on any atom is -0.324 e. The van der Waals surface area contributed by atoms with E-state index in [9.17, 15) is 13.6 Å². The van der Waals surface area contributed by atoms with Crippen LogP contribution in [0.5, 0.6) is 0 Å². The van der Waals surface area contributed by atoms with Crippen LogP contribution in [0.3, 0.4) is 0 Å². The molecule has 0 fully saturated rings. The van der Waals surface area contributed by atoms with Gasteiger partial charge in [-0.2, -0.15) is 8.78 Å². The van der Waals surface area contributed by atoms with E-state index in [0.29, 0.717) is 22.3 Å². The lowest BCUT2D eigenvalue weighted by Crippen LogP contribution is -2.32. The van der Waals surface area contributed by atoms with Gasteiger partial charge in [0.15, 0.2) is 0 Å². The van der Waals surface area contributed by atoms with Crippen molar-refractivity contribution in [3.63, 3.8) is 0 Å². The molecule has 2 aromatic carbocycles. The topological polar surface area (TPSA) is 32.3 Å². The molecule has 134 valence electrons. The second-order valence-corrected chi connectivity index (χ2v) is 6.96.